The second-order valence-corrected chi connectivity index (χ2v) is 3.18. The van der Waals surface area contributed by atoms with Crippen LogP contribution >= 0.6 is 0 Å². The zero-order valence-electron chi connectivity index (χ0n) is 7.68. The normalized spacial score (nSPS) is 15.2. The Morgan fingerprint density at radius 2 is 1.75 bits per heavy atom. The van der Waals surface area contributed by atoms with Gasteiger partial charge in [0.1, 0.15) is 6.54 Å². The lowest BCUT2D eigenvalue weighted by atomic mass is 10.2. The monoisotopic (exact) mass is 247 g/mol. The van der Waals surface area contributed by atoms with E-state index in [1.165, 1.54) is 0 Å². The summed E-state index contributed by atoms with van der Waals surface area (Å²) >= 11 is 0. The average Bonchev–Trinajstić information content (AvgIpc) is 2.46. The molecule has 1 atom stereocenters. The maximum absolute atomic E-state index is 12.0. The summed E-state index contributed by atoms with van der Waals surface area (Å²) in [6.45, 7) is -1.39. The van der Waals surface area contributed by atoms with Crippen LogP contribution in [-0.4, -0.2) is 22.0 Å². The van der Waals surface area contributed by atoms with Crippen LogP contribution in [0.5, 0.6) is 0 Å². The van der Waals surface area contributed by atoms with Crippen molar-refractivity contribution in [3.63, 3.8) is 0 Å². The summed E-state index contributed by atoms with van der Waals surface area (Å²) in [5, 5.41) is 8.75. The van der Waals surface area contributed by atoms with Gasteiger partial charge in [-0.15, -0.1) is 0 Å². The minimum atomic E-state index is -4.88. The fourth-order valence-electron chi connectivity index (χ4n) is 1.12. The molecule has 1 N–H and O–H groups in total. The van der Waals surface area contributed by atoms with E-state index in [1.54, 1.807) is 0 Å². The summed E-state index contributed by atoms with van der Waals surface area (Å²) in [7, 11) is 0. The van der Waals surface area contributed by atoms with Crippen molar-refractivity contribution in [1.82, 2.24) is 4.57 Å². The first kappa shape index (κ1) is 12.9. The van der Waals surface area contributed by atoms with Crippen LogP contribution in [0, 0.1) is 0 Å². The quantitative estimate of drug-likeness (QED) is 0.798. The fourth-order valence-corrected chi connectivity index (χ4v) is 1.12. The van der Waals surface area contributed by atoms with E-state index in [0.29, 0.717) is 10.8 Å². The Bertz CT molecular complexity index is 352. The number of hydrogen-bond acceptors (Lipinski definition) is 1. The van der Waals surface area contributed by atoms with Gasteiger partial charge in [0, 0.05) is 18.0 Å². The predicted molar refractivity (Wildman–Crippen MR) is 41.5 cm³/mol. The van der Waals surface area contributed by atoms with E-state index in [9.17, 15) is 26.3 Å². The van der Waals surface area contributed by atoms with Crippen molar-refractivity contribution in [2.75, 3.05) is 0 Å². The molecule has 8 heteroatoms. The number of aliphatic hydroxyl groups excluding tert-OH is 1. The number of aliphatic hydroxyl groups is 1. The molecule has 0 fully saturated rings. The number of alkyl halides is 6. The first-order valence-corrected chi connectivity index (χ1v) is 4.07. The van der Waals surface area contributed by atoms with E-state index in [4.69, 9.17) is 5.11 Å². The van der Waals surface area contributed by atoms with Gasteiger partial charge < -0.3 is 9.67 Å². The number of halogens is 6. The smallest absolute Gasteiger partial charge is 0.379 e. The molecule has 0 saturated carbocycles. The van der Waals surface area contributed by atoms with E-state index >= 15 is 0 Å². The first-order valence-electron chi connectivity index (χ1n) is 4.07. The second kappa shape index (κ2) is 4.00. The summed E-state index contributed by atoms with van der Waals surface area (Å²) in [6, 6.07) is 0.796. The van der Waals surface area contributed by atoms with Crippen LogP contribution in [0.2, 0.25) is 0 Å². The van der Waals surface area contributed by atoms with Gasteiger partial charge >= 0.3 is 12.4 Å². The number of rotatable bonds is 2. The van der Waals surface area contributed by atoms with Crippen LogP contribution in [-0.2, 0) is 6.54 Å². The van der Waals surface area contributed by atoms with E-state index in [-0.39, 0.29) is 0 Å². The third-order valence-electron chi connectivity index (χ3n) is 1.76. The highest BCUT2D eigenvalue weighted by molar-refractivity contribution is 5.15. The van der Waals surface area contributed by atoms with Crippen LogP contribution in [0.15, 0.2) is 18.5 Å². The lowest BCUT2D eigenvalue weighted by molar-refractivity contribution is -0.206. The van der Waals surface area contributed by atoms with Crippen molar-refractivity contribution in [1.29, 1.82) is 0 Å². The average molecular weight is 247 g/mol. The molecule has 1 aromatic rings. The topological polar surface area (TPSA) is 25.2 Å². The van der Waals surface area contributed by atoms with Gasteiger partial charge in [0.15, 0.2) is 6.10 Å². The van der Waals surface area contributed by atoms with Crippen LogP contribution < -0.4 is 0 Å². The van der Waals surface area contributed by atoms with E-state index in [0.717, 1.165) is 12.3 Å². The van der Waals surface area contributed by atoms with Crippen molar-refractivity contribution in [3.8, 4) is 0 Å². The molecule has 0 saturated heterocycles. The van der Waals surface area contributed by atoms with Gasteiger partial charge in [-0.2, -0.15) is 26.3 Å². The summed E-state index contributed by atoms with van der Waals surface area (Å²) < 4.78 is 72.2. The van der Waals surface area contributed by atoms with Gasteiger partial charge in [-0.3, -0.25) is 0 Å². The molecular weight excluding hydrogens is 240 g/mol. The van der Waals surface area contributed by atoms with Crippen molar-refractivity contribution in [2.24, 2.45) is 0 Å². The Balaban J connectivity index is 2.80. The molecule has 0 amide bonds. The van der Waals surface area contributed by atoms with Crippen molar-refractivity contribution >= 4 is 0 Å². The highest BCUT2D eigenvalue weighted by Gasteiger charge is 2.40. The maximum atomic E-state index is 12.0. The van der Waals surface area contributed by atoms with Gasteiger partial charge in [-0.25, -0.2) is 0 Å². The Morgan fingerprint density at radius 3 is 2.19 bits per heavy atom. The number of nitrogens with zero attached hydrogens (tertiary/aromatic N) is 1. The highest BCUT2D eigenvalue weighted by atomic mass is 19.4. The van der Waals surface area contributed by atoms with Crippen molar-refractivity contribution in [3.05, 3.63) is 24.0 Å². The molecule has 1 aromatic heterocycles. The van der Waals surface area contributed by atoms with Gasteiger partial charge in [0.25, 0.3) is 0 Å². The molecule has 1 heterocycles. The molecule has 1 unspecified atom stereocenters. The SMILES string of the molecule is OC(c1ccn(CC(F)(F)F)c1)C(F)(F)F. The van der Waals surface area contributed by atoms with Gasteiger partial charge in [0.05, 0.1) is 0 Å². The van der Waals surface area contributed by atoms with Gasteiger partial charge in [-0.1, -0.05) is 0 Å². The standard InChI is InChI=1S/C8H7F6NO/c9-7(10,11)4-15-2-1-5(3-15)6(16)8(12,13)14/h1-3,6,16H,4H2. The van der Waals surface area contributed by atoms with E-state index < -0.39 is 30.6 Å². The van der Waals surface area contributed by atoms with E-state index in [1.807, 2.05) is 0 Å². The number of hydrogen-bond donors (Lipinski definition) is 1. The molecule has 0 aliphatic heterocycles. The van der Waals surface area contributed by atoms with Crippen molar-refractivity contribution < 1.29 is 31.4 Å². The third-order valence-corrected chi connectivity index (χ3v) is 1.76. The van der Waals surface area contributed by atoms with Crippen LogP contribution in [0.4, 0.5) is 26.3 Å². The zero-order chi connectivity index (χ0) is 12.6. The Kier molecular flexibility index (Phi) is 3.22. The second-order valence-electron chi connectivity index (χ2n) is 3.18. The van der Waals surface area contributed by atoms with Crippen LogP contribution in [0.1, 0.15) is 11.7 Å². The molecule has 1 rings (SSSR count). The molecule has 0 aromatic carbocycles. The Labute approximate surface area is 86.1 Å². The lowest BCUT2D eigenvalue weighted by Gasteiger charge is -2.12. The van der Waals surface area contributed by atoms with E-state index in [2.05, 4.69) is 0 Å². The molecule has 0 aliphatic carbocycles. The minimum Gasteiger partial charge on any atom is -0.379 e. The Morgan fingerprint density at radius 1 is 1.19 bits per heavy atom. The predicted octanol–water partition coefficient (Wildman–Crippen LogP) is 2.65. The lowest BCUT2D eigenvalue weighted by Crippen LogP contribution is -2.20. The van der Waals surface area contributed by atoms with Crippen LogP contribution in [0.3, 0.4) is 0 Å². The maximum Gasteiger partial charge on any atom is 0.418 e. The van der Waals surface area contributed by atoms with Gasteiger partial charge in [0.2, 0.25) is 0 Å². The molecule has 0 spiro atoms. The largest absolute Gasteiger partial charge is 0.418 e. The molecular formula is C8H7F6NO. The molecule has 92 valence electrons. The number of aromatic nitrogens is 1. The first-order chi connectivity index (χ1) is 7.09. The summed E-state index contributed by atoms with van der Waals surface area (Å²) in [6.07, 6.45) is -10.7. The third kappa shape index (κ3) is 3.44. The fraction of sp³-hybridized carbons (Fsp3) is 0.500. The zero-order valence-corrected chi connectivity index (χ0v) is 7.68. The highest BCUT2D eigenvalue weighted by Crippen LogP contribution is 2.32. The Hall–Kier alpha value is -1.18. The molecule has 2 nitrogen and oxygen atoms in total. The van der Waals surface area contributed by atoms with Crippen molar-refractivity contribution in [2.45, 2.75) is 25.0 Å². The molecule has 16 heavy (non-hydrogen) atoms. The summed E-state index contributed by atoms with van der Waals surface area (Å²) in [5.41, 5.74) is -0.614. The summed E-state index contributed by atoms with van der Waals surface area (Å²) in [4.78, 5) is 0. The van der Waals surface area contributed by atoms with Crippen LogP contribution in [0.25, 0.3) is 0 Å². The molecule has 0 bridgehead atoms. The molecule has 0 radical (unpaired) electrons. The molecule has 0 aliphatic rings. The summed E-state index contributed by atoms with van der Waals surface area (Å²) in [5.74, 6) is 0. The van der Waals surface area contributed by atoms with Gasteiger partial charge in [-0.05, 0) is 6.07 Å². The minimum absolute atomic E-state index is 0.532.